The van der Waals surface area contributed by atoms with E-state index in [1.165, 1.54) is 38.4 Å². The number of carbonyl (C=O) groups is 1. The van der Waals surface area contributed by atoms with E-state index in [1.807, 2.05) is 6.07 Å². The van der Waals surface area contributed by atoms with Gasteiger partial charge in [0.05, 0.1) is 38.3 Å². The maximum atomic E-state index is 14.0. The van der Waals surface area contributed by atoms with E-state index in [1.54, 1.807) is 30.3 Å². The second-order valence-electron chi connectivity index (χ2n) is 8.20. The topological polar surface area (TPSA) is 78.2 Å². The molecule has 3 aromatic carbocycles. The molecule has 1 amide bonds. The van der Waals surface area contributed by atoms with Crippen molar-refractivity contribution in [3.8, 4) is 17.2 Å². The predicted molar refractivity (Wildman–Crippen MR) is 132 cm³/mol. The fourth-order valence-corrected chi connectivity index (χ4v) is 4.77. The monoisotopic (exact) mass is 509 g/mol. The Labute approximate surface area is 210 Å². The number of amides is 1. The second-order valence-corrected chi connectivity index (χ2v) is 8.61. The van der Waals surface area contributed by atoms with Gasteiger partial charge in [0, 0.05) is 11.6 Å². The summed E-state index contributed by atoms with van der Waals surface area (Å²) in [7, 11) is 4.43. The van der Waals surface area contributed by atoms with Gasteiger partial charge >= 0.3 is 0 Å². The van der Waals surface area contributed by atoms with E-state index in [0.29, 0.717) is 33.4 Å². The number of hydrogen-bond acceptors (Lipinski definition) is 6. The van der Waals surface area contributed by atoms with Crippen molar-refractivity contribution in [2.45, 2.75) is 12.6 Å². The van der Waals surface area contributed by atoms with Gasteiger partial charge in [-0.25, -0.2) is 4.39 Å². The SMILES string of the molecule is COc1cc(C2c3c(oc4ccc(F)cc4c3=O)C(=O)N2Cc2ccccc2Cl)cc(OC)c1OC. The smallest absolute Gasteiger partial charge is 0.291 e. The fourth-order valence-electron chi connectivity index (χ4n) is 4.57. The molecule has 1 unspecified atom stereocenters. The predicted octanol–water partition coefficient (Wildman–Crippen LogP) is 5.36. The van der Waals surface area contributed by atoms with Crippen molar-refractivity contribution in [2.24, 2.45) is 0 Å². The third kappa shape index (κ3) is 3.74. The van der Waals surface area contributed by atoms with Gasteiger partial charge in [-0.05, 0) is 47.5 Å². The minimum Gasteiger partial charge on any atom is -0.493 e. The Morgan fingerprint density at radius 1 is 0.972 bits per heavy atom. The van der Waals surface area contributed by atoms with Crippen molar-refractivity contribution in [2.75, 3.05) is 21.3 Å². The van der Waals surface area contributed by atoms with Gasteiger partial charge in [-0.1, -0.05) is 29.8 Å². The highest BCUT2D eigenvalue weighted by atomic mass is 35.5. The first-order valence-corrected chi connectivity index (χ1v) is 11.4. The van der Waals surface area contributed by atoms with Gasteiger partial charge < -0.3 is 23.5 Å². The summed E-state index contributed by atoms with van der Waals surface area (Å²) in [4.78, 5) is 28.9. The van der Waals surface area contributed by atoms with E-state index in [9.17, 15) is 14.0 Å². The van der Waals surface area contributed by atoms with Crippen LogP contribution >= 0.6 is 11.6 Å². The van der Waals surface area contributed by atoms with Crippen LogP contribution in [0.4, 0.5) is 4.39 Å². The number of halogens is 2. The zero-order valence-electron chi connectivity index (χ0n) is 19.6. The molecule has 184 valence electrons. The lowest BCUT2D eigenvalue weighted by atomic mass is 9.97. The van der Waals surface area contributed by atoms with Gasteiger partial charge in [0.1, 0.15) is 11.4 Å². The first-order chi connectivity index (χ1) is 17.4. The van der Waals surface area contributed by atoms with Gasteiger partial charge in [0.15, 0.2) is 16.9 Å². The van der Waals surface area contributed by atoms with Crippen LogP contribution in [0.25, 0.3) is 11.0 Å². The third-order valence-electron chi connectivity index (χ3n) is 6.23. The van der Waals surface area contributed by atoms with Crippen LogP contribution in [0.2, 0.25) is 5.02 Å². The maximum Gasteiger partial charge on any atom is 0.291 e. The third-order valence-corrected chi connectivity index (χ3v) is 6.60. The Balaban J connectivity index is 1.78. The fraction of sp³-hybridized carbons (Fsp3) is 0.185. The van der Waals surface area contributed by atoms with E-state index >= 15 is 0 Å². The Kier molecular flexibility index (Phi) is 6.05. The van der Waals surface area contributed by atoms with Crippen molar-refractivity contribution in [3.05, 3.63) is 98.1 Å². The van der Waals surface area contributed by atoms with Crippen molar-refractivity contribution >= 4 is 28.5 Å². The van der Waals surface area contributed by atoms with Crippen LogP contribution in [0.3, 0.4) is 0 Å². The summed E-state index contributed by atoms with van der Waals surface area (Å²) < 4.78 is 36.4. The standard InChI is InChI=1S/C27H21ClFNO6/c1-33-20-10-15(11-21(34-2)25(20)35-3)23-22-24(31)17-12-16(29)8-9-19(17)36-26(22)27(32)30(23)13-14-6-4-5-7-18(14)28/h4-12,23H,13H2,1-3H3. The summed E-state index contributed by atoms with van der Waals surface area (Å²) in [5.41, 5.74) is 0.920. The molecule has 0 N–H and O–H groups in total. The zero-order valence-corrected chi connectivity index (χ0v) is 20.4. The molecule has 0 bridgehead atoms. The van der Waals surface area contributed by atoms with Crippen LogP contribution < -0.4 is 19.6 Å². The van der Waals surface area contributed by atoms with Crippen LogP contribution in [0.5, 0.6) is 17.2 Å². The van der Waals surface area contributed by atoms with Gasteiger partial charge in [0.25, 0.3) is 5.91 Å². The average molecular weight is 510 g/mol. The average Bonchev–Trinajstić information content (AvgIpc) is 3.16. The number of nitrogens with zero attached hydrogens (tertiary/aromatic N) is 1. The van der Waals surface area contributed by atoms with Gasteiger partial charge in [-0.15, -0.1) is 0 Å². The van der Waals surface area contributed by atoms with Crippen LogP contribution in [-0.4, -0.2) is 32.1 Å². The lowest BCUT2D eigenvalue weighted by Gasteiger charge is -2.26. The van der Waals surface area contributed by atoms with Crippen molar-refractivity contribution in [1.29, 1.82) is 0 Å². The molecular weight excluding hydrogens is 489 g/mol. The molecular formula is C27H21ClFNO6. The summed E-state index contributed by atoms with van der Waals surface area (Å²) in [6.45, 7) is 0.0914. The van der Waals surface area contributed by atoms with Crippen molar-refractivity contribution < 1.29 is 27.8 Å². The summed E-state index contributed by atoms with van der Waals surface area (Å²) in [5, 5.41) is 0.509. The molecule has 7 nitrogen and oxygen atoms in total. The number of benzene rings is 3. The summed E-state index contributed by atoms with van der Waals surface area (Å²) in [6.07, 6.45) is 0. The highest BCUT2D eigenvalue weighted by Crippen LogP contribution is 2.45. The lowest BCUT2D eigenvalue weighted by molar-refractivity contribution is 0.0714. The van der Waals surface area contributed by atoms with Crippen LogP contribution in [0.15, 0.2) is 63.8 Å². The molecule has 0 aliphatic carbocycles. The Bertz CT molecular complexity index is 1540. The molecule has 0 spiro atoms. The van der Waals surface area contributed by atoms with E-state index in [4.69, 9.17) is 30.2 Å². The summed E-state index contributed by atoms with van der Waals surface area (Å²) in [6, 6.07) is 13.2. The van der Waals surface area contributed by atoms with Crippen molar-refractivity contribution in [1.82, 2.24) is 4.90 Å². The first-order valence-electron chi connectivity index (χ1n) is 11.0. The number of ether oxygens (including phenoxy) is 3. The van der Waals surface area contributed by atoms with Gasteiger partial charge in [0.2, 0.25) is 11.5 Å². The molecule has 0 saturated carbocycles. The van der Waals surface area contributed by atoms with Gasteiger partial charge in [-0.3, -0.25) is 9.59 Å². The van der Waals surface area contributed by atoms with Crippen LogP contribution in [-0.2, 0) is 6.54 Å². The molecule has 2 heterocycles. The molecule has 1 aromatic heterocycles. The Morgan fingerprint density at radius 2 is 1.67 bits per heavy atom. The van der Waals surface area contributed by atoms with E-state index in [0.717, 1.165) is 6.07 Å². The number of hydrogen-bond donors (Lipinski definition) is 0. The quantitative estimate of drug-likeness (QED) is 0.348. The van der Waals surface area contributed by atoms with Crippen molar-refractivity contribution in [3.63, 3.8) is 0 Å². The van der Waals surface area contributed by atoms with Gasteiger partial charge in [-0.2, -0.15) is 0 Å². The molecule has 0 fully saturated rings. The second kappa shape index (κ2) is 9.20. The number of fused-ring (bicyclic) bond motifs is 2. The molecule has 9 heteroatoms. The van der Waals surface area contributed by atoms with Crippen LogP contribution in [0, 0.1) is 5.82 Å². The molecule has 1 aliphatic heterocycles. The maximum absolute atomic E-state index is 14.0. The molecule has 4 aromatic rings. The first kappa shape index (κ1) is 23.7. The summed E-state index contributed by atoms with van der Waals surface area (Å²) >= 11 is 6.40. The lowest BCUT2D eigenvalue weighted by Crippen LogP contribution is -2.29. The minimum atomic E-state index is -0.888. The molecule has 1 aliphatic rings. The van der Waals surface area contributed by atoms with E-state index in [-0.39, 0.29) is 28.8 Å². The number of methoxy groups -OCH3 is 3. The number of carbonyl (C=O) groups excluding carboxylic acids is 1. The molecule has 1 atom stereocenters. The molecule has 0 saturated heterocycles. The summed E-state index contributed by atoms with van der Waals surface area (Å²) in [5.74, 6) is -0.130. The highest BCUT2D eigenvalue weighted by molar-refractivity contribution is 6.31. The Morgan fingerprint density at radius 3 is 2.31 bits per heavy atom. The molecule has 36 heavy (non-hydrogen) atoms. The molecule has 0 radical (unpaired) electrons. The van der Waals surface area contributed by atoms with Crippen LogP contribution in [0.1, 0.15) is 33.3 Å². The zero-order chi connectivity index (χ0) is 25.6. The normalized spacial score (nSPS) is 14.8. The largest absolute Gasteiger partial charge is 0.493 e. The van der Waals surface area contributed by atoms with E-state index < -0.39 is 23.2 Å². The minimum absolute atomic E-state index is 0.0404. The molecule has 5 rings (SSSR count). The Hall–Kier alpha value is -4.04. The highest BCUT2D eigenvalue weighted by Gasteiger charge is 2.43. The number of rotatable bonds is 6. The van der Waals surface area contributed by atoms with E-state index in [2.05, 4.69) is 0 Å².